The van der Waals surface area contributed by atoms with E-state index in [-0.39, 0.29) is 11.1 Å². The molecule has 0 atom stereocenters. The lowest BCUT2D eigenvalue weighted by atomic mass is 10.2. The molecule has 0 bridgehead atoms. The van der Waals surface area contributed by atoms with E-state index >= 15 is 0 Å². The van der Waals surface area contributed by atoms with E-state index in [0.717, 1.165) is 48.5 Å². The molecule has 0 aromatic heterocycles. The molecule has 0 radical (unpaired) electrons. The topological polar surface area (TPSA) is 169 Å². The van der Waals surface area contributed by atoms with E-state index in [4.69, 9.17) is 11.5 Å². The lowest BCUT2D eigenvalue weighted by molar-refractivity contribution is 0.0992. The summed E-state index contributed by atoms with van der Waals surface area (Å²) in [6, 6.07) is 8.63. The third-order valence-electron chi connectivity index (χ3n) is 3.07. The van der Waals surface area contributed by atoms with Gasteiger partial charge in [0.15, 0.2) is 0 Å². The van der Waals surface area contributed by atoms with Crippen molar-refractivity contribution in [3.05, 3.63) is 63.8 Å². The first-order valence-corrected chi connectivity index (χ1v) is 9.45. The van der Waals surface area contributed by atoms with Crippen molar-refractivity contribution < 1.29 is 26.4 Å². The zero-order valence-corrected chi connectivity index (χ0v) is 14.1. The molecule has 2 amide bonds. The molecule has 2 aromatic rings. The van der Waals surface area contributed by atoms with Crippen LogP contribution >= 0.6 is 0 Å². The number of carbonyl (C=O) groups is 2. The Morgan fingerprint density at radius 3 is 1.16 bits per heavy atom. The van der Waals surface area contributed by atoms with E-state index in [0.29, 0.717) is 0 Å². The van der Waals surface area contributed by atoms with E-state index in [1.165, 1.54) is 0 Å². The van der Waals surface area contributed by atoms with Crippen LogP contribution in [0.15, 0.2) is 58.3 Å². The fourth-order valence-electron chi connectivity index (χ4n) is 1.80. The number of benzene rings is 2. The average molecular weight is 382 g/mol. The predicted octanol–water partition coefficient (Wildman–Crippen LogP) is 0.336. The smallest absolute Gasteiger partial charge is 0.248 e. The predicted molar refractivity (Wildman–Crippen MR) is 87.7 cm³/mol. The Bertz CT molecular complexity index is 941. The second-order valence-corrected chi connectivity index (χ2v) is 8.24. The lowest BCUT2D eigenvalue weighted by Gasteiger charge is -2.21. The Balaban J connectivity index is 2.31. The molecule has 2 aromatic carbocycles. The maximum Gasteiger partial charge on any atom is 0.248 e. The Morgan fingerprint density at radius 2 is 0.920 bits per heavy atom. The minimum Gasteiger partial charge on any atom is -0.428 e. The van der Waals surface area contributed by atoms with Gasteiger partial charge < -0.3 is 15.6 Å². The quantitative estimate of drug-likeness (QED) is 0.729. The van der Waals surface area contributed by atoms with Crippen molar-refractivity contribution in [1.82, 2.24) is 0 Å². The number of nitrogens with two attached hydrogens (primary N) is 2. The highest BCUT2D eigenvalue weighted by Gasteiger charge is 2.14. The number of hydrogen-bond acceptors (Lipinski definition) is 6. The summed E-state index contributed by atoms with van der Waals surface area (Å²) < 4.78 is 51.5. The molecular weight excluding hydrogens is 370 g/mol. The van der Waals surface area contributed by atoms with Crippen LogP contribution in [0.2, 0.25) is 0 Å². The van der Waals surface area contributed by atoms with Gasteiger partial charge in [-0.15, -0.1) is 0 Å². The fourth-order valence-corrected chi connectivity index (χ4v) is 4.48. The summed E-state index contributed by atoms with van der Waals surface area (Å²) in [4.78, 5) is 21.1. The van der Waals surface area contributed by atoms with Gasteiger partial charge in [-0.2, -0.15) is 0 Å². The summed E-state index contributed by atoms with van der Waals surface area (Å²) in [6.45, 7) is 0. The zero-order chi connectivity index (χ0) is 18.8. The van der Waals surface area contributed by atoms with Crippen molar-refractivity contribution in [2.45, 2.75) is 9.79 Å². The molecule has 0 fully saturated rings. The molecule has 4 N–H and O–H groups in total. The second kappa shape index (κ2) is 6.63. The Kier molecular flexibility index (Phi) is 4.92. The van der Waals surface area contributed by atoms with Crippen molar-refractivity contribution >= 4 is 31.9 Å². The number of nitrogens with zero attached hydrogens (tertiary/aromatic N) is 1. The third-order valence-corrected chi connectivity index (χ3v) is 6.38. The Hall–Kier alpha value is -2.76. The number of primary amides is 2. The molecular formula is C14H12N3O6S2-. The van der Waals surface area contributed by atoms with Crippen LogP contribution in [0, 0.1) is 0 Å². The van der Waals surface area contributed by atoms with Gasteiger partial charge in [-0.05, 0) is 48.5 Å². The summed E-state index contributed by atoms with van der Waals surface area (Å²) in [6.07, 6.45) is 0. The summed E-state index contributed by atoms with van der Waals surface area (Å²) in [7, 11) is -9.08. The molecule has 0 saturated heterocycles. The summed E-state index contributed by atoms with van der Waals surface area (Å²) >= 11 is 0. The second-order valence-electron chi connectivity index (χ2n) is 4.80. The van der Waals surface area contributed by atoms with Crippen LogP contribution in [-0.2, 0) is 20.0 Å². The molecule has 0 heterocycles. The van der Waals surface area contributed by atoms with Crippen molar-refractivity contribution in [3.63, 3.8) is 0 Å². The number of carbonyl (C=O) groups excluding carboxylic acids is 2. The van der Waals surface area contributed by atoms with Gasteiger partial charge in [0, 0.05) is 20.9 Å². The van der Waals surface area contributed by atoms with E-state index < -0.39 is 41.7 Å². The molecule has 0 saturated carbocycles. The van der Waals surface area contributed by atoms with E-state index in [2.05, 4.69) is 4.13 Å². The minimum atomic E-state index is -4.54. The van der Waals surface area contributed by atoms with Gasteiger partial charge in [0.1, 0.15) is 20.0 Å². The Morgan fingerprint density at radius 1 is 0.640 bits per heavy atom. The van der Waals surface area contributed by atoms with Crippen LogP contribution in [0.1, 0.15) is 20.7 Å². The standard InChI is InChI=1S/C14H12N3O6S2/c15-13(18)9-1-5-11(6-2-9)24(20,21)17-25(22,23)12-7-3-10(4-8-12)14(16)19/h1-8H,(H2,15,18)(H2,16,19)/q-1. The van der Waals surface area contributed by atoms with Crippen molar-refractivity contribution in [3.8, 4) is 0 Å². The molecule has 2 rings (SSSR count). The van der Waals surface area contributed by atoms with Crippen molar-refractivity contribution in [1.29, 1.82) is 0 Å². The minimum absolute atomic E-state index is 0.0591. The zero-order valence-electron chi connectivity index (χ0n) is 12.5. The maximum absolute atomic E-state index is 12.1. The van der Waals surface area contributed by atoms with Gasteiger partial charge in [0.2, 0.25) is 11.8 Å². The van der Waals surface area contributed by atoms with Crippen LogP contribution in [0.5, 0.6) is 0 Å². The first-order valence-electron chi connectivity index (χ1n) is 6.57. The van der Waals surface area contributed by atoms with Gasteiger partial charge >= 0.3 is 0 Å². The van der Waals surface area contributed by atoms with E-state index in [1.54, 1.807) is 0 Å². The number of amides is 2. The van der Waals surface area contributed by atoms with Crippen LogP contribution < -0.4 is 11.5 Å². The third kappa shape index (κ3) is 4.21. The molecule has 0 aliphatic rings. The average Bonchev–Trinajstić information content (AvgIpc) is 2.54. The number of rotatable bonds is 6. The van der Waals surface area contributed by atoms with Crippen molar-refractivity contribution in [2.24, 2.45) is 11.5 Å². The van der Waals surface area contributed by atoms with Crippen LogP contribution in [0.4, 0.5) is 0 Å². The number of hydrogen-bond donors (Lipinski definition) is 2. The van der Waals surface area contributed by atoms with Gasteiger partial charge in [-0.3, -0.25) is 9.59 Å². The van der Waals surface area contributed by atoms with Gasteiger partial charge in [-0.25, -0.2) is 16.8 Å². The van der Waals surface area contributed by atoms with Crippen LogP contribution in [-0.4, -0.2) is 28.6 Å². The molecule has 25 heavy (non-hydrogen) atoms. The highest BCUT2D eigenvalue weighted by Crippen LogP contribution is 2.26. The van der Waals surface area contributed by atoms with Gasteiger partial charge in [-0.1, -0.05) is 0 Å². The lowest BCUT2D eigenvalue weighted by Crippen LogP contribution is -2.12. The highest BCUT2D eigenvalue weighted by molar-refractivity contribution is 8.12. The highest BCUT2D eigenvalue weighted by atomic mass is 32.3. The maximum atomic E-state index is 12.1. The normalized spacial score (nSPS) is 11.8. The molecule has 9 nitrogen and oxygen atoms in total. The summed E-state index contributed by atoms with van der Waals surface area (Å²) in [5.41, 5.74) is 10.2. The van der Waals surface area contributed by atoms with Gasteiger partial charge in [0.05, 0.1) is 0 Å². The summed E-state index contributed by atoms with van der Waals surface area (Å²) in [5, 5.41) is 0. The van der Waals surface area contributed by atoms with Crippen molar-refractivity contribution in [2.75, 3.05) is 0 Å². The molecule has 0 aliphatic carbocycles. The largest absolute Gasteiger partial charge is 0.428 e. The molecule has 0 spiro atoms. The SMILES string of the molecule is NC(=O)c1ccc(S(=O)(=O)[N-]S(=O)(=O)c2ccc(C(N)=O)cc2)cc1. The van der Waals surface area contributed by atoms with Crippen LogP contribution in [0.3, 0.4) is 0 Å². The summed E-state index contributed by atoms with van der Waals surface area (Å²) in [5.74, 6) is -1.52. The Labute approximate surface area is 143 Å². The molecule has 11 heteroatoms. The van der Waals surface area contributed by atoms with Crippen LogP contribution in [0.25, 0.3) is 4.13 Å². The number of sulfonamides is 2. The van der Waals surface area contributed by atoms with Gasteiger partial charge in [0.25, 0.3) is 0 Å². The first kappa shape index (κ1) is 18.6. The monoisotopic (exact) mass is 382 g/mol. The fraction of sp³-hybridized carbons (Fsp3) is 0. The molecule has 0 aliphatic heterocycles. The molecule has 132 valence electrons. The van der Waals surface area contributed by atoms with E-state index in [1.807, 2.05) is 0 Å². The van der Waals surface area contributed by atoms with E-state index in [9.17, 15) is 26.4 Å². The first-order chi connectivity index (χ1) is 11.5. The molecule has 0 unspecified atom stereocenters.